The van der Waals surface area contributed by atoms with Crippen LogP contribution in [0, 0.1) is 5.92 Å². The largest absolute Gasteiger partial charge is 0.381 e. The molecule has 2 atom stereocenters. The molecular weight excluding hydrogens is 380 g/mol. The Morgan fingerprint density at radius 2 is 1.79 bits per heavy atom. The van der Waals surface area contributed by atoms with Crippen molar-refractivity contribution in [1.29, 1.82) is 0 Å². The number of nitrogens with zero attached hydrogens (tertiary/aromatic N) is 1. The second-order valence-electron chi connectivity index (χ2n) is 7.74. The van der Waals surface area contributed by atoms with E-state index < -0.39 is 10.0 Å². The lowest BCUT2D eigenvalue weighted by atomic mass is 10.0. The third kappa shape index (κ3) is 5.74. The molecule has 156 valence electrons. The van der Waals surface area contributed by atoms with Gasteiger partial charge in [0.25, 0.3) is 0 Å². The summed E-state index contributed by atoms with van der Waals surface area (Å²) in [5.74, 6) is -0.0817. The number of likely N-dealkylation sites (tertiary alicyclic amines) is 1. The Hall–Kier alpha value is -1.52. The molecule has 1 aromatic rings. The molecule has 8 nitrogen and oxygen atoms in total. The van der Waals surface area contributed by atoms with Crippen LogP contribution in [0.5, 0.6) is 0 Å². The van der Waals surface area contributed by atoms with E-state index in [9.17, 15) is 13.2 Å². The van der Waals surface area contributed by atoms with Crippen molar-refractivity contribution in [3.8, 4) is 0 Å². The summed E-state index contributed by atoms with van der Waals surface area (Å²) in [6.45, 7) is 3.42. The van der Waals surface area contributed by atoms with Crippen LogP contribution in [0.1, 0.15) is 31.2 Å². The Labute approximate surface area is 166 Å². The minimum atomic E-state index is -3.71. The van der Waals surface area contributed by atoms with Gasteiger partial charge in [0.1, 0.15) is 0 Å². The number of benzene rings is 1. The van der Waals surface area contributed by atoms with Gasteiger partial charge in [-0.3, -0.25) is 9.69 Å². The van der Waals surface area contributed by atoms with Gasteiger partial charge in [-0.1, -0.05) is 12.1 Å². The molecule has 2 fully saturated rings. The topological polar surface area (TPSA) is 128 Å². The van der Waals surface area contributed by atoms with Gasteiger partial charge in [-0.05, 0) is 43.4 Å². The molecule has 2 saturated heterocycles. The van der Waals surface area contributed by atoms with Crippen LogP contribution in [0.2, 0.25) is 0 Å². The van der Waals surface area contributed by atoms with Gasteiger partial charge in [0.15, 0.2) is 0 Å². The van der Waals surface area contributed by atoms with Crippen LogP contribution in [-0.4, -0.2) is 57.6 Å². The molecule has 2 heterocycles. The summed E-state index contributed by atoms with van der Waals surface area (Å²) in [5.41, 5.74) is 7.07. The number of rotatable bonds is 5. The molecule has 2 aliphatic heterocycles. The van der Waals surface area contributed by atoms with E-state index >= 15 is 0 Å². The van der Waals surface area contributed by atoms with E-state index in [-0.39, 0.29) is 22.8 Å². The van der Waals surface area contributed by atoms with Crippen molar-refractivity contribution in [3.63, 3.8) is 0 Å². The van der Waals surface area contributed by atoms with Crippen molar-refractivity contribution in [2.75, 3.05) is 26.3 Å². The highest BCUT2D eigenvalue weighted by Gasteiger charge is 2.31. The van der Waals surface area contributed by atoms with E-state index in [4.69, 9.17) is 15.6 Å². The molecule has 3 rings (SSSR count). The number of hydrogen-bond acceptors (Lipinski definition) is 6. The fourth-order valence-corrected chi connectivity index (χ4v) is 4.47. The highest BCUT2D eigenvalue weighted by Crippen LogP contribution is 2.22. The Balaban J connectivity index is 1.57. The van der Waals surface area contributed by atoms with Gasteiger partial charge < -0.3 is 15.8 Å². The molecule has 1 aromatic carbocycles. The van der Waals surface area contributed by atoms with Gasteiger partial charge in [-0.25, -0.2) is 13.6 Å². The Morgan fingerprint density at radius 1 is 1.11 bits per heavy atom. The molecule has 9 heteroatoms. The van der Waals surface area contributed by atoms with Crippen molar-refractivity contribution in [3.05, 3.63) is 29.8 Å². The summed E-state index contributed by atoms with van der Waals surface area (Å²) in [6, 6.07) is 6.75. The van der Waals surface area contributed by atoms with E-state index in [1.165, 1.54) is 12.1 Å². The summed E-state index contributed by atoms with van der Waals surface area (Å²) in [4.78, 5) is 15.2. The van der Waals surface area contributed by atoms with Gasteiger partial charge in [-0.2, -0.15) is 0 Å². The lowest BCUT2D eigenvalue weighted by Gasteiger charge is -2.35. The molecule has 0 saturated carbocycles. The average molecular weight is 411 g/mol. The van der Waals surface area contributed by atoms with Crippen LogP contribution in [0.15, 0.2) is 29.2 Å². The quantitative estimate of drug-likeness (QED) is 0.635. The standard InChI is InChI=1S/C19H30N4O4S/c20-16-4-3-15(12-23(13-16)17-7-9-27-10-8-17)19(24)22-11-14-1-5-18(6-2-14)28(21,25)26/h1-2,5-6,15-17H,3-4,7-13,20H2,(H,22,24)(H2,21,25,26)/t15-,16+/m1/s1. The highest BCUT2D eigenvalue weighted by molar-refractivity contribution is 7.89. The van der Waals surface area contributed by atoms with Crippen molar-refractivity contribution in [1.82, 2.24) is 10.2 Å². The third-order valence-electron chi connectivity index (χ3n) is 5.61. The second-order valence-corrected chi connectivity index (χ2v) is 9.30. The number of primary sulfonamides is 1. The Bertz CT molecular complexity index is 763. The summed E-state index contributed by atoms with van der Waals surface area (Å²) in [5, 5.41) is 8.09. The second kappa shape index (κ2) is 9.32. The molecule has 0 spiro atoms. The number of ether oxygens (including phenoxy) is 1. The van der Waals surface area contributed by atoms with Gasteiger partial charge in [0, 0.05) is 44.9 Å². The maximum atomic E-state index is 12.8. The minimum Gasteiger partial charge on any atom is -0.381 e. The summed E-state index contributed by atoms with van der Waals surface area (Å²) in [6.07, 6.45) is 3.58. The zero-order chi connectivity index (χ0) is 20.1. The zero-order valence-electron chi connectivity index (χ0n) is 16.0. The number of amides is 1. The molecule has 28 heavy (non-hydrogen) atoms. The van der Waals surface area contributed by atoms with E-state index in [0.717, 1.165) is 51.0 Å². The van der Waals surface area contributed by atoms with E-state index in [1.54, 1.807) is 12.1 Å². The van der Waals surface area contributed by atoms with E-state index in [1.807, 2.05) is 0 Å². The molecular formula is C19H30N4O4S. The molecule has 2 aliphatic rings. The van der Waals surface area contributed by atoms with Crippen LogP contribution in [0.25, 0.3) is 0 Å². The first-order valence-electron chi connectivity index (χ1n) is 9.80. The average Bonchev–Trinajstić information content (AvgIpc) is 2.88. The van der Waals surface area contributed by atoms with Crippen molar-refractivity contribution in [2.24, 2.45) is 16.8 Å². The van der Waals surface area contributed by atoms with Crippen molar-refractivity contribution >= 4 is 15.9 Å². The van der Waals surface area contributed by atoms with Gasteiger partial charge in [0.05, 0.1) is 10.8 Å². The predicted molar refractivity (Wildman–Crippen MR) is 106 cm³/mol. The van der Waals surface area contributed by atoms with Crippen LogP contribution in [-0.2, 0) is 26.1 Å². The zero-order valence-corrected chi connectivity index (χ0v) is 16.9. The normalized spacial score (nSPS) is 25.2. The SMILES string of the molecule is N[C@H]1CC[C@@H](C(=O)NCc2ccc(S(N)(=O)=O)cc2)CN(C2CCOCC2)C1. The fraction of sp³-hybridized carbons (Fsp3) is 0.632. The lowest BCUT2D eigenvalue weighted by molar-refractivity contribution is -0.126. The molecule has 0 aliphatic carbocycles. The van der Waals surface area contributed by atoms with Gasteiger partial charge in [0.2, 0.25) is 15.9 Å². The summed E-state index contributed by atoms with van der Waals surface area (Å²) < 4.78 is 28.1. The molecule has 0 bridgehead atoms. The first-order chi connectivity index (χ1) is 13.3. The maximum Gasteiger partial charge on any atom is 0.238 e. The summed E-state index contributed by atoms with van der Waals surface area (Å²) >= 11 is 0. The maximum absolute atomic E-state index is 12.8. The van der Waals surface area contributed by atoms with Gasteiger partial charge >= 0.3 is 0 Å². The lowest BCUT2D eigenvalue weighted by Crippen LogP contribution is -2.47. The first kappa shape index (κ1) is 21.2. The van der Waals surface area contributed by atoms with Crippen LogP contribution >= 0.6 is 0 Å². The Morgan fingerprint density at radius 3 is 2.43 bits per heavy atom. The number of hydrogen-bond donors (Lipinski definition) is 3. The number of carbonyl (C=O) groups excluding carboxylic acids is 1. The third-order valence-corrected chi connectivity index (χ3v) is 6.54. The molecule has 0 unspecified atom stereocenters. The highest BCUT2D eigenvalue weighted by atomic mass is 32.2. The summed E-state index contributed by atoms with van der Waals surface area (Å²) in [7, 11) is -3.71. The van der Waals surface area contributed by atoms with Crippen molar-refractivity contribution < 1.29 is 17.9 Å². The number of nitrogens with two attached hydrogens (primary N) is 2. The van der Waals surface area contributed by atoms with Crippen LogP contribution < -0.4 is 16.2 Å². The monoisotopic (exact) mass is 410 g/mol. The fourth-order valence-electron chi connectivity index (χ4n) is 3.95. The van der Waals surface area contributed by atoms with Crippen LogP contribution in [0.3, 0.4) is 0 Å². The van der Waals surface area contributed by atoms with Crippen molar-refractivity contribution in [2.45, 2.75) is 49.2 Å². The minimum absolute atomic E-state index is 0.0154. The predicted octanol–water partition coefficient (Wildman–Crippen LogP) is 0.169. The number of nitrogens with one attached hydrogen (secondary N) is 1. The first-order valence-corrected chi connectivity index (χ1v) is 11.3. The van der Waals surface area contributed by atoms with Crippen LogP contribution in [0.4, 0.5) is 0 Å². The number of carbonyl (C=O) groups is 1. The van der Waals surface area contributed by atoms with Gasteiger partial charge in [-0.15, -0.1) is 0 Å². The molecule has 0 aromatic heterocycles. The smallest absolute Gasteiger partial charge is 0.238 e. The molecule has 1 amide bonds. The molecule has 5 N–H and O–H groups in total. The Kier molecular flexibility index (Phi) is 7.05. The number of sulfonamides is 1. The molecule has 0 radical (unpaired) electrons. The van der Waals surface area contributed by atoms with E-state index in [2.05, 4.69) is 10.2 Å². The van der Waals surface area contributed by atoms with E-state index in [0.29, 0.717) is 19.1 Å².